The van der Waals surface area contributed by atoms with Gasteiger partial charge in [0.25, 0.3) is 0 Å². The second-order valence-electron chi connectivity index (χ2n) is 10.8. The fourth-order valence-electron chi connectivity index (χ4n) is 6.78. The lowest BCUT2D eigenvalue weighted by Gasteiger charge is -2.19. The Morgan fingerprint density at radius 3 is 1.69 bits per heavy atom. The first-order chi connectivity index (χ1) is 20.8. The molecule has 9 aromatic rings. The topological polar surface area (TPSA) is 26.3 Å². The van der Waals surface area contributed by atoms with E-state index < -0.39 is 0 Å². The van der Waals surface area contributed by atoms with Crippen molar-refractivity contribution in [2.45, 2.75) is 0 Å². The molecule has 0 saturated heterocycles. The first-order valence-electron chi connectivity index (χ1n) is 14.3. The SMILES string of the molecule is c1ccc(-c2ccccc2-c2c3ccccc3c(-c3ccc4oc5ccc6occc6c5c4c3)c3ccccc23)cc1. The Kier molecular flexibility index (Phi) is 4.93. The molecule has 0 spiro atoms. The normalized spacial score (nSPS) is 11.8. The molecule has 0 aliphatic heterocycles. The number of hydrogen-bond acceptors (Lipinski definition) is 2. The summed E-state index contributed by atoms with van der Waals surface area (Å²) < 4.78 is 12.0. The highest BCUT2D eigenvalue weighted by Crippen LogP contribution is 2.47. The van der Waals surface area contributed by atoms with Crippen LogP contribution in [0.2, 0.25) is 0 Å². The highest BCUT2D eigenvalue weighted by Gasteiger charge is 2.20. The number of hydrogen-bond donors (Lipinski definition) is 0. The first kappa shape index (κ1) is 23.1. The summed E-state index contributed by atoms with van der Waals surface area (Å²) in [6.45, 7) is 0. The van der Waals surface area contributed by atoms with Crippen LogP contribution in [0, 0.1) is 0 Å². The molecule has 7 aromatic carbocycles. The molecule has 0 radical (unpaired) electrons. The lowest BCUT2D eigenvalue weighted by Crippen LogP contribution is -1.92. The van der Waals surface area contributed by atoms with Crippen LogP contribution in [0.1, 0.15) is 0 Å². The minimum absolute atomic E-state index is 0.868. The van der Waals surface area contributed by atoms with E-state index in [-0.39, 0.29) is 0 Å². The molecule has 0 N–H and O–H groups in total. The van der Waals surface area contributed by atoms with Gasteiger partial charge in [-0.3, -0.25) is 0 Å². The molecule has 0 atom stereocenters. The molecular weight excluding hydrogens is 512 g/mol. The number of fused-ring (bicyclic) bond motifs is 7. The van der Waals surface area contributed by atoms with Crippen LogP contribution in [-0.2, 0) is 0 Å². The summed E-state index contributed by atoms with van der Waals surface area (Å²) in [6.07, 6.45) is 1.75. The predicted octanol–water partition coefficient (Wildman–Crippen LogP) is 11.6. The number of furan rings is 2. The van der Waals surface area contributed by atoms with Gasteiger partial charge in [-0.1, -0.05) is 109 Å². The van der Waals surface area contributed by atoms with Crippen LogP contribution in [0.5, 0.6) is 0 Å². The molecule has 2 aromatic heterocycles. The Hall–Kier alpha value is -5.60. The molecule has 42 heavy (non-hydrogen) atoms. The molecular formula is C40H24O2. The van der Waals surface area contributed by atoms with E-state index in [1.54, 1.807) is 6.26 Å². The maximum atomic E-state index is 6.29. The van der Waals surface area contributed by atoms with Gasteiger partial charge in [0.15, 0.2) is 0 Å². The molecule has 196 valence electrons. The predicted molar refractivity (Wildman–Crippen MR) is 175 cm³/mol. The summed E-state index contributed by atoms with van der Waals surface area (Å²) >= 11 is 0. The minimum Gasteiger partial charge on any atom is -0.464 e. The van der Waals surface area contributed by atoms with Gasteiger partial charge < -0.3 is 8.83 Å². The average Bonchev–Trinajstić information content (AvgIpc) is 3.68. The molecule has 2 heterocycles. The van der Waals surface area contributed by atoms with Gasteiger partial charge in [-0.25, -0.2) is 0 Å². The largest absolute Gasteiger partial charge is 0.464 e. The molecule has 9 rings (SSSR count). The van der Waals surface area contributed by atoms with Crippen molar-refractivity contribution in [1.82, 2.24) is 0 Å². The Morgan fingerprint density at radius 1 is 0.357 bits per heavy atom. The summed E-state index contributed by atoms with van der Waals surface area (Å²) in [7, 11) is 0. The fraction of sp³-hybridized carbons (Fsp3) is 0. The van der Waals surface area contributed by atoms with Crippen LogP contribution in [0.3, 0.4) is 0 Å². The van der Waals surface area contributed by atoms with Crippen LogP contribution >= 0.6 is 0 Å². The third-order valence-electron chi connectivity index (χ3n) is 8.57. The van der Waals surface area contributed by atoms with Crippen molar-refractivity contribution in [3.8, 4) is 33.4 Å². The summed E-state index contributed by atoms with van der Waals surface area (Å²) in [4.78, 5) is 0. The maximum Gasteiger partial charge on any atom is 0.136 e. The van der Waals surface area contributed by atoms with Gasteiger partial charge in [-0.05, 0) is 85.3 Å². The molecule has 0 saturated carbocycles. The lowest BCUT2D eigenvalue weighted by molar-refractivity contribution is 0.615. The van der Waals surface area contributed by atoms with Crippen LogP contribution < -0.4 is 0 Å². The fourth-order valence-corrected chi connectivity index (χ4v) is 6.78. The monoisotopic (exact) mass is 536 g/mol. The molecule has 2 heteroatoms. The highest BCUT2D eigenvalue weighted by atomic mass is 16.3. The number of rotatable bonds is 3. The van der Waals surface area contributed by atoms with Crippen molar-refractivity contribution in [2.75, 3.05) is 0 Å². The van der Waals surface area contributed by atoms with Gasteiger partial charge in [-0.15, -0.1) is 0 Å². The zero-order valence-corrected chi connectivity index (χ0v) is 22.7. The molecule has 0 bridgehead atoms. The van der Waals surface area contributed by atoms with E-state index in [1.165, 1.54) is 54.9 Å². The molecule has 0 fully saturated rings. The summed E-state index contributed by atoms with van der Waals surface area (Å²) in [5, 5.41) is 8.21. The van der Waals surface area contributed by atoms with Gasteiger partial charge in [0.05, 0.1) is 6.26 Å². The van der Waals surface area contributed by atoms with E-state index in [4.69, 9.17) is 8.83 Å². The van der Waals surface area contributed by atoms with E-state index in [0.717, 1.165) is 32.9 Å². The molecule has 0 unspecified atom stereocenters. The van der Waals surface area contributed by atoms with Gasteiger partial charge in [-0.2, -0.15) is 0 Å². The summed E-state index contributed by atoms with van der Waals surface area (Å²) in [5.41, 5.74) is 9.97. The van der Waals surface area contributed by atoms with Crippen LogP contribution in [0.25, 0.3) is 87.8 Å². The summed E-state index contributed by atoms with van der Waals surface area (Å²) in [6, 6.07) is 49.7. The molecule has 0 aliphatic rings. The van der Waals surface area contributed by atoms with Crippen molar-refractivity contribution in [1.29, 1.82) is 0 Å². The standard InChI is InChI=1S/C40H24O2/c1-2-10-25(11-3-1)27-12-4-5-13-28(27)39-31-16-8-6-14-29(31)38(30-15-7-9-17-32(30)39)26-18-19-36-34(24-26)40-33-22-23-41-35(33)20-21-37(40)42-36/h1-24H. The Labute approximate surface area is 242 Å². The highest BCUT2D eigenvalue weighted by molar-refractivity contribution is 6.24. The molecule has 0 amide bonds. The Morgan fingerprint density at radius 2 is 0.952 bits per heavy atom. The van der Waals surface area contributed by atoms with Crippen LogP contribution in [0.4, 0.5) is 0 Å². The Bertz CT molecular complexity index is 2400. The zero-order valence-electron chi connectivity index (χ0n) is 22.7. The van der Waals surface area contributed by atoms with E-state index in [0.29, 0.717) is 0 Å². The van der Waals surface area contributed by atoms with E-state index >= 15 is 0 Å². The molecule has 2 nitrogen and oxygen atoms in total. The van der Waals surface area contributed by atoms with Gasteiger partial charge in [0.2, 0.25) is 0 Å². The molecule has 0 aliphatic carbocycles. The van der Waals surface area contributed by atoms with E-state index in [2.05, 4.69) is 121 Å². The zero-order chi connectivity index (χ0) is 27.6. The summed E-state index contributed by atoms with van der Waals surface area (Å²) in [5.74, 6) is 0. The van der Waals surface area contributed by atoms with Crippen LogP contribution in [-0.4, -0.2) is 0 Å². The van der Waals surface area contributed by atoms with E-state index in [1.807, 2.05) is 18.2 Å². The van der Waals surface area contributed by atoms with Crippen molar-refractivity contribution >= 4 is 54.5 Å². The minimum atomic E-state index is 0.868. The van der Waals surface area contributed by atoms with Gasteiger partial charge in [0.1, 0.15) is 16.7 Å². The first-order valence-corrected chi connectivity index (χ1v) is 14.3. The van der Waals surface area contributed by atoms with Gasteiger partial charge in [0, 0.05) is 16.2 Å². The maximum absolute atomic E-state index is 6.29. The van der Waals surface area contributed by atoms with Gasteiger partial charge >= 0.3 is 0 Å². The third kappa shape index (κ3) is 3.33. The third-order valence-corrected chi connectivity index (χ3v) is 8.57. The second kappa shape index (κ2) is 8.95. The second-order valence-corrected chi connectivity index (χ2v) is 10.8. The van der Waals surface area contributed by atoms with Crippen LogP contribution in [0.15, 0.2) is 155 Å². The Balaban J connectivity index is 1.39. The van der Waals surface area contributed by atoms with Crippen molar-refractivity contribution in [3.63, 3.8) is 0 Å². The van der Waals surface area contributed by atoms with Crippen molar-refractivity contribution in [2.24, 2.45) is 0 Å². The average molecular weight is 537 g/mol. The lowest BCUT2D eigenvalue weighted by atomic mass is 9.83. The van der Waals surface area contributed by atoms with Crippen molar-refractivity contribution in [3.05, 3.63) is 146 Å². The quantitative estimate of drug-likeness (QED) is 0.210. The van der Waals surface area contributed by atoms with E-state index in [9.17, 15) is 0 Å². The van der Waals surface area contributed by atoms with Crippen molar-refractivity contribution < 1.29 is 8.83 Å². The smallest absolute Gasteiger partial charge is 0.136 e. The number of benzene rings is 7.